The van der Waals surface area contributed by atoms with Crippen molar-refractivity contribution in [3.8, 4) is 0 Å². The summed E-state index contributed by atoms with van der Waals surface area (Å²) in [4.78, 5) is 16.9. The van der Waals surface area contributed by atoms with Gasteiger partial charge in [0.15, 0.2) is 0 Å². The van der Waals surface area contributed by atoms with Crippen LogP contribution in [0.15, 0.2) is 30.3 Å². The number of benzene rings is 1. The molecule has 2 heterocycles. The summed E-state index contributed by atoms with van der Waals surface area (Å²) < 4.78 is 0. The standard InChI is InChI=1S/C20H32N4O/c25-20(22-10-8-18-7-4-9-21-15-18)17-24-13-11-23(12-14-24)16-19-5-2-1-3-6-19/h1-3,5-6,18,21H,4,7-17H2,(H,22,25). The minimum Gasteiger partial charge on any atom is -0.355 e. The lowest BCUT2D eigenvalue weighted by molar-refractivity contribution is -0.122. The van der Waals surface area contributed by atoms with Crippen LogP contribution in [0.25, 0.3) is 0 Å². The van der Waals surface area contributed by atoms with E-state index in [4.69, 9.17) is 0 Å². The monoisotopic (exact) mass is 344 g/mol. The van der Waals surface area contributed by atoms with E-state index in [0.717, 1.165) is 64.7 Å². The fraction of sp³-hybridized carbons (Fsp3) is 0.650. The summed E-state index contributed by atoms with van der Waals surface area (Å²) in [6.07, 6.45) is 3.67. The van der Waals surface area contributed by atoms with Crippen LogP contribution in [0.1, 0.15) is 24.8 Å². The molecule has 0 saturated carbocycles. The number of hydrogen-bond acceptors (Lipinski definition) is 4. The smallest absolute Gasteiger partial charge is 0.234 e. The minimum absolute atomic E-state index is 0.181. The van der Waals surface area contributed by atoms with Crippen LogP contribution in [0.4, 0.5) is 0 Å². The molecule has 3 rings (SSSR count). The van der Waals surface area contributed by atoms with Crippen molar-refractivity contribution in [2.45, 2.75) is 25.8 Å². The van der Waals surface area contributed by atoms with Gasteiger partial charge >= 0.3 is 0 Å². The number of carbonyl (C=O) groups is 1. The van der Waals surface area contributed by atoms with Crippen LogP contribution in [0, 0.1) is 5.92 Å². The van der Waals surface area contributed by atoms with Gasteiger partial charge in [-0.05, 0) is 43.8 Å². The molecule has 5 heteroatoms. The Bertz CT molecular complexity index is 508. The van der Waals surface area contributed by atoms with Gasteiger partial charge < -0.3 is 10.6 Å². The number of rotatable bonds is 7. The lowest BCUT2D eigenvalue weighted by atomic mass is 9.96. The fourth-order valence-electron chi connectivity index (χ4n) is 3.79. The molecule has 1 aromatic carbocycles. The summed E-state index contributed by atoms with van der Waals surface area (Å²) in [6, 6.07) is 10.6. The van der Waals surface area contributed by atoms with Crippen molar-refractivity contribution in [2.24, 2.45) is 5.92 Å². The molecule has 5 nitrogen and oxygen atoms in total. The van der Waals surface area contributed by atoms with Gasteiger partial charge in [-0.1, -0.05) is 30.3 Å². The number of hydrogen-bond donors (Lipinski definition) is 2. The first-order valence-electron chi connectivity index (χ1n) is 9.75. The summed E-state index contributed by atoms with van der Waals surface area (Å²) >= 11 is 0. The van der Waals surface area contributed by atoms with E-state index in [1.54, 1.807) is 0 Å². The first-order valence-corrected chi connectivity index (χ1v) is 9.75. The van der Waals surface area contributed by atoms with Crippen molar-refractivity contribution >= 4 is 5.91 Å². The largest absolute Gasteiger partial charge is 0.355 e. The highest BCUT2D eigenvalue weighted by Gasteiger charge is 2.19. The van der Waals surface area contributed by atoms with E-state index in [2.05, 4.69) is 50.8 Å². The fourth-order valence-corrected chi connectivity index (χ4v) is 3.79. The number of piperidine rings is 1. The molecule has 0 bridgehead atoms. The molecular weight excluding hydrogens is 312 g/mol. The zero-order valence-corrected chi connectivity index (χ0v) is 15.3. The summed E-state index contributed by atoms with van der Waals surface area (Å²) in [5.41, 5.74) is 1.37. The Morgan fingerprint density at radius 2 is 1.88 bits per heavy atom. The van der Waals surface area contributed by atoms with Gasteiger partial charge in [-0.25, -0.2) is 0 Å². The first kappa shape index (κ1) is 18.4. The average molecular weight is 345 g/mol. The summed E-state index contributed by atoms with van der Waals surface area (Å²) in [7, 11) is 0. The van der Waals surface area contributed by atoms with E-state index in [1.165, 1.54) is 18.4 Å². The van der Waals surface area contributed by atoms with E-state index in [0.29, 0.717) is 6.54 Å². The maximum absolute atomic E-state index is 12.1. The number of amides is 1. The predicted octanol–water partition coefficient (Wildman–Crippen LogP) is 1.31. The number of carbonyl (C=O) groups excluding carboxylic acids is 1. The van der Waals surface area contributed by atoms with E-state index < -0.39 is 0 Å². The Morgan fingerprint density at radius 1 is 1.12 bits per heavy atom. The van der Waals surface area contributed by atoms with Gasteiger partial charge in [0.05, 0.1) is 6.54 Å². The third kappa shape index (κ3) is 6.42. The molecule has 25 heavy (non-hydrogen) atoms. The van der Waals surface area contributed by atoms with Gasteiger partial charge in [0.1, 0.15) is 0 Å². The summed E-state index contributed by atoms with van der Waals surface area (Å²) in [5, 5.41) is 6.54. The van der Waals surface area contributed by atoms with Crippen LogP contribution in [0.5, 0.6) is 0 Å². The van der Waals surface area contributed by atoms with Crippen LogP contribution in [0.2, 0.25) is 0 Å². The first-order chi connectivity index (χ1) is 12.3. The Kier molecular flexibility index (Phi) is 7.27. The van der Waals surface area contributed by atoms with Crippen molar-refractivity contribution in [3.05, 3.63) is 35.9 Å². The molecule has 0 aromatic heterocycles. The lowest BCUT2D eigenvalue weighted by Gasteiger charge is -2.34. The molecule has 1 atom stereocenters. The molecule has 2 aliphatic rings. The molecule has 1 aromatic rings. The van der Waals surface area contributed by atoms with Crippen molar-refractivity contribution in [3.63, 3.8) is 0 Å². The minimum atomic E-state index is 0.181. The quantitative estimate of drug-likeness (QED) is 0.783. The van der Waals surface area contributed by atoms with Crippen LogP contribution < -0.4 is 10.6 Å². The molecule has 2 aliphatic heterocycles. The van der Waals surface area contributed by atoms with Crippen molar-refractivity contribution in [1.82, 2.24) is 20.4 Å². The Balaban J connectivity index is 1.28. The predicted molar refractivity (Wildman–Crippen MR) is 101 cm³/mol. The number of piperazine rings is 1. The number of nitrogens with one attached hydrogen (secondary N) is 2. The highest BCUT2D eigenvalue weighted by Crippen LogP contribution is 2.13. The molecule has 2 N–H and O–H groups in total. The van der Waals surface area contributed by atoms with Crippen molar-refractivity contribution < 1.29 is 4.79 Å². The van der Waals surface area contributed by atoms with Crippen LogP contribution in [-0.4, -0.2) is 68.1 Å². The molecule has 0 radical (unpaired) electrons. The van der Waals surface area contributed by atoms with Crippen LogP contribution in [0.3, 0.4) is 0 Å². The van der Waals surface area contributed by atoms with E-state index >= 15 is 0 Å². The third-order valence-electron chi connectivity index (χ3n) is 5.35. The van der Waals surface area contributed by atoms with Gasteiger partial charge in [0.25, 0.3) is 0 Å². The highest BCUT2D eigenvalue weighted by molar-refractivity contribution is 5.77. The number of nitrogens with zero attached hydrogens (tertiary/aromatic N) is 2. The van der Waals surface area contributed by atoms with Gasteiger partial charge in [-0.3, -0.25) is 14.6 Å². The molecule has 2 fully saturated rings. The second-order valence-corrected chi connectivity index (χ2v) is 7.39. The van der Waals surface area contributed by atoms with Gasteiger partial charge in [-0.2, -0.15) is 0 Å². The second kappa shape index (κ2) is 9.90. The Morgan fingerprint density at radius 3 is 2.60 bits per heavy atom. The van der Waals surface area contributed by atoms with Crippen LogP contribution >= 0.6 is 0 Å². The zero-order chi connectivity index (χ0) is 17.3. The molecule has 138 valence electrons. The van der Waals surface area contributed by atoms with Crippen LogP contribution in [-0.2, 0) is 11.3 Å². The van der Waals surface area contributed by atoms with E-state index in [1.807, 2.05) is 0 Å². The SMILES string of the molecule is O=C(CN1CCN(Cc2ccccc2)CC1)NCCC1CCCNC1. The maximum atomic E-state index is 12.1. The Labute approximate surface area is 151 Å². The van der Waals surface area contributed by atoms with Crippen molar-refractivity contribution in [2.75, 3.05) is 52.4 Å². The molecule has 0 spiro atoms. The molecule has 0 aliphatic carbocycles. The molecule has 1 amide bonds. The Hall–Kier alpha value is -1.43. The van der Waals surface area contributed by atoms with E-state index in [-0.39, 0.29) is 5.91 Å². The zero-order valence-electron chi connectivity index (χ0n) is 15.3. The normalized spacial score (nSPS) is 22.6. The lowest BCUT2D eigenvalue weighted by Crippen LogP contribution is -2.49. The molecular formula is C20H32N4O. The topological polar surface area (TPSA) is 47.6 Å². The summed E-state index contributed by atoms with van der Waals surface area (Å²) in [5.74, 6) is 0.913. The van der Waals surface area contributed by atoms with E-state index in [9.17, 15) is 4.79 Å². The van der Waals surface area contributed by atoms with Gasteiger partial charge in [0, 0.05) is 39.3 Å². The molecule has 1 unspecified atom stereocenters. The highest BCUT2D eigenvalue weighted by atomic mass is 16.2. The van der Waals surface area contributed by atoms with Gasteiger partial charge in [0.2, 0.25) is 5.91 Å². The second-order valence-electron chi connectivity index (χ2n) is 7.39. The maximum Gasteiger partial charge on any atom is 0.234 e. The summed E-state index contributed by atoms with van der Waals surface area (Å²) in [6.45, 7) is 8.67. The van der Waals surface area contributed by atoms with Crippen molar-refractivity contribution in [1.29, 1.82) is 0 Å². The van der Waals surface area contributed by atoms with Gasteiger partial charge in [-0.15, -0.1) is 0 Å². The average Bonchev–Trinajstić information content (AvgIpc) is 2.65. The molecule has 2 saturated heterocycles. The third-order valence-corrected chi connectivity index (χ3v) is 5.35.